The molecule has 0 aliphatic carbocycles. The minimum absolute atomic E-state index is 0.0768. The van der Waals surface area contributed by atoms with Gasteiger partial charge in [-0.1, -0.05) is 24.3 Å². The van der Waals surface area contributed by atoms with Gasteiger partial charge >= 0.3 is 6.61 Å². The first kappa shape index (κ1) is 27.2. The zero-order chi connectivity index (χ0) is 28.9. The molecule has 5 aromatic rings. The quantitative estimate of drug-likeness (QED) is 0.148. The molecule has 6 rings (SSSR count). The van der Waals surface area contributed by atoms with Crippen molar-refractivity contribution < 1.29 is 23.0 Å². The number of nitrogens with zero attached hydrogens (tertiary/aromatic N) is 5. The third kappa shape index (κ3) is 5.86. The number of rotatable bonds is 9. The predicted octanol–water partition coefficient (Wildman–Crippen LogP) is 6.41. The second kappa shape index (κ2) is 12.2. The molecule has 0 amide bonds. The Hall–Kier alpha value is -5.03. The lowest BCUT2D eigenvalue weighted by molar-refractivity contribution is -0.0498. The van der Waals surface area contributed by atoms with Crippen LogP contribution in [0.3, 0.4) is 0 Å². The van der Waals surface area contributed by atoms with Gasteiger partial charge in [-0.3, -0.25) is 4.99 Å². The van der Waals surface area contributed by atoms with Crippen LogP contribution in [0.1, 0.15) is 5.56 Å². The van der Waals surface area contributed by atoms with Gasteiger partial charge in [-0.2, -0.15) is 19.0 Å². The largest absolute Gasteiger partial charge is 0.486 e. The van der Waals surface area contributed by atoms with Crippen molar-refractivity contribution in [3.05, 3.63) is 107 Å². The number of fused-ring (bicyclic) bond motifs is 1. The Kier molecular flexibility index (Phi) is 7.91. The summed E-state index contributed by atoms with van der Waals surface area (Å²) in [6.45, 7) is 2.27. The number of alkyl halides is 2. The third-order valence-corrected chi connectivity index (χ3v) is 7.16. The molecule has 42 heavy (non-hydrogen) atoms. The van der Waals surface area contributed by atoms with Gasteiger partial charge in [0.05, 0.1) is 24.1 Å². The van der Waals surface area contributed by atoms with Gasteiger partial charge < -0.3 is 14.2 Å². The van der Waals surface area contributed by atoms with Crippen LogP contribution in [0.4, 0.5) is 8.78 Å². The minimum atomic E-state index is -2.89. The van der Waals surface area contributed by atoms with E-state index in [1.807, 2.05) is 60.1 Å². The van der Waals surface area contributed by atoms with E-state index < -0.39 is 6.61 Å². The number of hydrogen-bond acceptors (Lipinski definition) is 7. The van der Waals surface area contributed by atoms with Crippen molar-refractivity contribution in [1.29, 1.82) is 0 Å². The van der Waals surface area contributed by atoms with E-state index in [1.165, 1.54) is 23.5 Å². The van der Waals surface area contributed by atoms with Crippen LogP contribution in [0.25, 0.3) is 28.2 Å². The monoisotopic (exact) mass is 585 g/mol. The predicted molar refractivity (Wildman–Crippen MR) is 158 cm³/mol. The molecule has 0 N–H and O–H groups in total. The maximum atomic E-state index is 12.7. The number of thiazole rings is 1. The maximum absolute atomic E-state index is 12.7. The number of hydrogen-bond donors (Lipinski definition) is 0. The molecule has 11 heteroatoms. The minimum Gasteiger partial charge on any atom is -0.486 e. The summed E-state index contributed by atoms with van der Waals surface area (Å²) in [5.41, 5.74) is 4.70. The Morgan fingerprint density at radius 2 is 1.76 bits per heavy atom. The Bertz CT molecular complexity index is 1790. The number of para-hydroxylation sites is 1. The SMILES string of the molecule is C=CCN=c1scc(-c2ccc(OC(F)F)cc2)n1N=Cc1cn(-c2ccccc2)nc1-c1ccc2c(c1)OCCO2. The molecule has 3 aromatic carbocycles. The van der Waals surface area contributed by atoms with Gasteiger partial charge in [-0.05, 0) is 54.6 Å². The molecular weight excluding hydrogens is 560 g/mol. The van der Waals surface area contributed by atoms with Crippen LogP contribution < -0.4 is 19.0 Å². The topological polar surface area (TPSA) is 75.2 Å². The van der Waals surface area contributed by atoms with E-state index in [-0.39, 0.29) is 5.75 Å². The van der Waals surface area contributed by atoms with E-state index in [4.69, 9.17) is 19.7 Å². The second-order valence-corrected chi connectivity index (χ2v) is 9.90. The molecule has 0 bridgehead atoms. The summed E-state index contributed by atoms with van der Waals surface area (Å²) in [4.78, 5) is 5.24. The highest BCUT2D eigenvalue weighted by atomic mass is 32.1. The van der Waals surface area contributed by atoms with Crippen LogP contribution in [0.15, 0.2) is 107 Å². The molecule has 0 radical (unpaired) electrons. The van der Waals surface area contributed by atoms with Gasteiger partial charge in [0.25, 0.3) is 0 Å². The number of halogens is 2. The fraction of sp³-hybridized carbons (Fsp3) is 0.129. The lowest BCUT2D eigenvalue weighted by Crippen LogP contribution is -2.15. The van der Waals surface area contributed by atoms with Crippen LogP contribution in [0.2, 0.25) is 0 Å². The van der Waals surface area contributed by atoms with Crippen molar-refractivity contribution in [2.24, 2.45) is 10.1 Å². The summed E-state index contributed by atoms with van der Waals surface area (Å²) in [6.07, 6.45) is 5.35. The number of aromatic nitrogens is 3. The van der Waals surface area contributed by atoms with E-state index in [1.54, 1.807) is 33.8 Å². The molecule has 8 nitrogen and oxygen atoms in total. The van der Waals surface area contributed by atoms with Gasteiger partial charge in [0.1, 0.15) is 24.7 Å². The van der Waals surface area contributed by atoms with Crippen molar-refractivity contribution in [3.8, 4) is 45.5 Å². The number of benzene rings is 3. The summed E-state index contributed by atoms with van der Waals surface area (Å²) in [5, 5.41) is 11.6. The average Bonchev–Trinajstić information content (AvgIpc) is 3.63. The van der Waals surface area contributed by atoms with Gasteiger partial charge in [0.2, 0.25) is 4.80 Å². The first-order valence-electron chi connectivity index (χ1n) is 13.1. The lowest BCUT2D eigenvalue weighted by Gasteiger charge is -2.18. The van der Waals surface area contributed by atoms with E-state index in [0.29, 0.717) is 41.8 Å². The van der Waals surface area contributed by atoms with Gasteiger partial charge in [0, 0.05) is 28.3 Å². The summed E-state index contributed by atoms with van der Waals surface area (Å²) in [6, 6.07) is 21.9. The number of ether oxygens (including phenoxy) is 3. The van der Waals surface area contributed by atoms with E-state index >= 15 is 0 Å². The van der Waals surface area contributed by atoms with Crippen molar-refractivity contribution in [1.82, 2.24) is 14.5 Å². The molecule has 0 fully saturated rings. The first-order valence-corrected chi connectivity index (χ1v) is 13.9. The highest BCUT2D eigenvalue weighted by Crippen LogP contribution is 2.35. The average molecular weight is 586 g/mol. The highest BCUT2D eigenvalue weighted by Gasteiger charge is 2.17. The van der Waals surface area contributed by atoms with Crippen LogP contribution in [-0.2, 0) is 0 Å². The van der Waals surface area contributed by atoms with Crippen LogP contribution in [0.5, 0.6) is 17.2 Å². The Morgan fingerprint density at radius 1 is 1.00 bits per heavy atom. The van der Waals surface area contributed by atoms with E-state index in [0.717, 1.165) is 28.1 Å². The fourth-order valence-corrected chi connectivity index (χ4v) is 5.24. The van der Waals surface area contributed by atoms with Crippen LogP contribution >= 0.6 is 11.3 Å². The van der Waals surface area contributed by atoms with Crippen LogP contribution in [0, 0.1) is 0 Å². The molecule has 1 aliphatic heterocycles. The van der Waals surface area contributed by atoms with Gasteiger partial charge in [-0.25, -0.2) is 9.36 Å². The summed E-state index contributed by atoms with van der Waals surface area (Å²) < 4.78 is 44.8. The van der Waals surface area contributed by atoms with Crippen molar-refractivity contribution in [2.45, 2.75) is 6.61 Å². The Balaban J connectivity index is 1.43. The lowest BCUT2D eigenvalue weighted by atomic mass is 10.1. The molecule has 0 saturated carbocycles. The summed E-state index contributed by atoms with van der Waals surface area (Å²) >= 11 is 1.41. The molecule has 0 saturated heterocycles. The van der Waals surface area contributed by atoms with E-state index in [2.05, 4.69) is 16.3 Å². The molecule has 0 spiro atoms. The molecule has 3 heterocycles. The fourth-order valence-electron chi connectivity index (χ4n) is 4.40. The molecule has 0 unspecified atom stereocenters. The Labute approximate surface area is 244 Å². The zero-order valence-corrected chi connectivity index (χ0v) is 23.1. The van der Waals surface area contributed by atoms with Crippen molar-refractivity contribution in [3.63, 3.8) is 0 Å². The maximum Gasteiger partial charge on any atom is 0.387 e. The van der Waals surface area contributed by atoms with Crippen molar-refractivity contribution in [2.75, 3.05) is 19.8 Å². The Morgan fingerprint density at radius 3 is 2.52 bits per heavy atom. The van der Waals surface area contributed by atoms with Crippen molar-refractivity contribution >= 4 is 17.6 Å². The third-order valence-electron chi connectivity index (χ3n) is 6.31. The molecule has 0 atom stereocenters. The molecule has 1 aliphatic rings. The van der Waals surface area contributed by atoms with E-state index in [9.17, 15) is 8.78 Å². The summed E-state index contributed by atoms with van der Waals surface area (Å²) in [5.74, 6) is 1.43. The zero-order valence-electron chi connectivity index (χ0n) is 22.3. The van der Waals surface area contributed by atoms with Crippen LogP contribution in [-0.4, -0.2) is 47.0 Å². The highest BCUT2D eigenvalue weighted by molar-refractivity contribution is 7.07. The van der Waals surface area contributed by atoms with Gasteiger partial charge in [0.15, 0.2) is 11.5 Å². The molecular formula is C31H25F2N5O3S. The first-order chi connectivity index (χ1) is 20.6. The molecule has 212 valence electrons. The molecule has 2 aromatic heterocycles. The summed E-state index contributed by atoms with van der Waals surface area (Å²) in [7, 11) is 0. The standard InChI is InChI=1S/C31H25F2N5O3S/c1-2-14-34-31-38(26(20-42-31)21-8-11-25(12-9-21)41-30(32)33)35-18-23-19-37(24-6-4-3-5-7-24)36-29(23)22-10-13-27-28(17-22)40-16-15-39-27/h2-13,17-20,30H,1,14-16H2. The second-order valence-electron chi connectivity index (χ2n) is 9.06. The van der Waals surface area contributed by atoms with Gasteiger partial charge in [-0.15, -0.1) is 17.9 Å². The smallest absolute Gasteiger partial charge is 0.387 e. The normalized spacial score (nSPS) is 13.2.